The summed E-state index contributed by atoms with van der Waals surface area (Å²) in [5.41, 5.74) is 0.0373. The average molecular weight is 270 g/mol. The van der Waals surface area contributed by atoms with Crippen molar-refractivity contribution in [3.8, 4) is 11.9 Å². The number of halogens is 3. The summed E-state index contributed by atoms with van der Waals surface area (Å²) in [6.07, 6.45) is 0. The van der Waals surface area contributed by atoms with E-state index in [2.05, 4.69) is 9.11 Å². The Kier molecular flexibility index (Phi) is 3.48. The van der Waals surface area contributed by atoms with Crippen LogP contribution in [0.1, 0.15) is 5.56 Å². The van der Waals surface area contributed by atoms with Gasteiger partial charge in [0.15, 0.2) is 0 Å². The summed E-state index contributed by atoms with van der Waals surface area (Å²) in [5.74, 6) is -0.356. The molecule has 0 amide bonds. The van der Waals surface area contributed by atoms with Gasteiger partial charge in [0.1, 0.15) is 17.4 Å². The Hall–Kier alpha value is -2.07. The topological polar surface area (TPSA) is 45.9 Å². The number of hydrogen-bond acceptors (Lipinski definition) is 4. The number of ether oxygens (including phenoxy) is 1. The van der Waals surface area contributed by atoms with Gasteiger partial charge in [-0.3, -0.25) is 0 Å². The molecule has 92 valence electrons. The van der Waals surface area contributed by atoms with Crippen LogP contribution < -0.4 is 4.74 Å². The fourth-order valence-electron chi connectivity index (χ4n) is 1.21. The molecule has 0 aliphatic heterocycles. The van der Waals surface area contributed by atoms with Crippen molar-refractivity contribution in [1.82, 2.24) is 4.37 Å². The van der Waals surface area contributed by atoms with E-state index in [0.29, 0.717) is 0 Å². The van der Waals surface area contributed by atoms with E-state index in [1.54, 1.807) is 12.1 Å². The first kappa shape index (κ1) is 12.4. The average Bonchev–Trinajstić information content (AvgIpc) is 2.72. The van der Waals surface area contributed by atoms with Crippen LogP contribution in [0.4, 0.5) is 13.2 Å². The zero-order valence-electron chi connectivity index (χ0n) is 8.73. The predicted molar refractivity (Wildman–Crippen MR) is 57.5 cm³/mol. The van der Waals surface area contributed by atoms with Crippen LogP contribution in [-0.2, 0) is 0 Å². The number of alkyl halides is 2. The van der Waals surface area contributed by atoms with E-state index in [1.807, 2.05) is 6.07 Å². The number of benzene rings is 1. The molecule has 0 atom stereocenters. The molecular formula is C11H5F3N2OS. The van der Waals surface area contributed by atoms with Crippen molar-refractivity contribution in [3.05, 3.63) is 45.4 Å². The van der Waals surface area contributed by atoms with Gasteiger partial charge < -0.3 is 4.74 Å². The maximum atomic E-state index is 12.0. The summed E-state index contributed by atoms with van der Waals surface area (Å²) >= 11 is 0.902. The molecule has 0 bridgehead atoms. The second-order valence-electron chi connectivity index (χ2n) is 3.22. The van der Waals surface area contributed by atoms with E-state index in [-0.39, 0.29) is 17.3 Å². The molecule has 3 rings (SSSR count). The fourth-order valence-corrected chi connectivity index (χ4v) is 1.76. The van der Waals surface area contributed by atoms with E-state index in [9.17, 15) is 13.2 Å². The lowest BCUT2D eigenvalue weighted by atomic mass is 10.1. The highest BCUT2D eigenvalue weighted by atomic mass is 32.1. The van der Waals surface area contributed by atoms with Crippen molar-refractivity contribution in [2.75, 3.05) is 0 Å². The molecule has 2 aliphatic carbocycles. The van der Waals surface area contributed by atoms with Gasteiger partial charge in [0.2, 0.25) is 5.88 Å². The van der Waals surface area contributed by atoms with Gasteiger partial charge in [0.05, 0.1) is 0 Å². The zero-order valence-corrected chi connectivity index (χ0v) is 9.55. The molecule has 0 saturated carbocycles. The maximum Gasteiger partial charge on any atom is 0.388 e. The molecule has 1 heterocycles. The third-order valence-electron chi connectivity index (χ3n) is 2.14. The van der Waals surface area contributed by atoms with Crippen molar-refractivity contribution >= 4 is 11.5 Å². The van der Waals surface area contributed by atoms with Crippen molar-refractivity contribution in [1.29, 1.82) is 5.26 Å². The van der Waals surface area contributed by atoms with Crippen LogP contribution in [-0.4, -0.2) is 11.0 Å². The molecule has 0 saturated heterocycles. The Labute approximate surface area is 104 Å². The number of rotatable bonds is 2. The fraction of sp³-hybridized carbons (Fsp3) is 0.0909. The van der Waals surface area contributed by atoms with Crippen molar-refractivity contribution in [3.63, 3.8) is 0 Å². The largest absolute Gasteiger partial charge is 0.415 e. The minimum absolute atomic E-state index is 0.0373. The van der Waals surface area contributed by atoms with Crippen LogP contribution in [0.3, 0.4) is 0 Å². The minimum Gasteiger partial charge on any atom is -0.415 e. The zero-order chi connectivity index (χ0) is 13.1. The molecule has 3 nitrogen and oxygen atoms in total. The highest BCUT2D eigenvalue weighted by Gasteiger charge is 2.11. The SMILES string of the molecule is Fc1cc2ccc1=2.N#Cc1csnc1OC(F)F. The predicted octanol–water partition coefficient (Wildman–Crippen LogP) is 3.04. The maximum absolute atomic E-state index is 12.0. The molecular weight excluding hydrogens is 265 g/mol. The van der Waals surface area contributed by atoms with Crippen LogP contribution in [0.2, 0.25) is 0 Å². The number of hydrogen-bond donors (Lipinski definition) is 0. The first-order chi connectivity index (χ1) is 8.61. The first-order valence-corrected chi connectivity index (χ1v) is 5.54. The lowest BCUT2D eigenvalue weighted by molar-refractivity contribution is -0.0524. The van der Waals surface area contributed by atoms with Crippen molar-refractivity contribution < 1.29 is 17.9 Å². The normalized spacial score (nSPS) is 10.4. The Morgan fingerprint density at radius 2 is 2.17 bits per heavy atom. The van der Waals surface area contributed by atoms with Gasteiger partial charge >= 0.3 is 6.61 Å². The summed E-state index contributed by atoms with van der Waals surface area (Å²) < 4.78 is 42.4. The van der Waals surface area contributed by atoms with Gasteiger partial charge in [0, 0.05) is 10.6 Å². The Morgan fingerprint density at radius 1 is 1.39 bits per heavy atom. The molecule has 0 fully saturated rings. The Balaban J connectivity index is 0.000000146. The third kappa shape index (κ3) is 2.43. The highest BCUT2D eigenvalue weighted by molar-refractivity contribution is 7.03. The van der Waals surface area contributed by atoms with Gasteiger partial charge in [-0.25, -0.2) is 4.39 Å². The van der Waals surface area contributed by atoms with Crippen LogP contribution in [0, 0.1) is 27.6 Å². The first-order valence-electron chi connectivity index (χ1n) is 4.71. The van der Waals surface area contributed by atoms with Crippen LogP contribution in [0.25, 0.3) is 0 Å². The smallest absolute Gasteiger partial charge is 0.388 e. The van der Waals surface area contributed by atoms with Crippen LogP contribution in [0.15, 0.2) is 23.6 Å². The summed E-state index contributed by atoms with van der Waals surface area (Å²) in [7, 11) is 0. The summed E-state index contributed by atoms with van der Waals surface area (Å²) in [6, 6.07) is 6.89. The molecule has 1 aromatic rings. The Bertz CT molecular complexity index is 693. The highest BCUT2D eigenvalue weighted by Crippen LogP contribution is 2.19. The molecule has 18 heavy (non-hydrogen) atoms. The van der Waals surface area contributed by atoms with Crippen LogP contribution in [0.5, 0.6) is 5.88 Å². The number of nitriles is 1. The molecule has 0 N–H and O–H groups in total. The standard InChI is InChI=1S/C6H3F.C5H2F2N2OS/c7-6-3-4-1-2-5(4)6;6-5(7)10-4-3(1-8)2-11-9-4/h1-3H;2,5H. The molecule has 0 radical (unpaired) electrons. The second-order valence-corrected chi connectivity index (χ2v) is 3.85. The third-order valence-corrected chi connectivity index (χ3v) is 2.75. The Morgan fingerprint density at radius 3 is 2.50 bits per heavy atom. The second kappa shape index (κ2) is 5.06. The summed E-state index contributed by atoms with van der Waals surface area (Å²) in [6.45, 7) is -2.93. The van der Waals surface area contributed by atoms with E-state index < -0.39 is 6.61 Å². The molecule has 0 aromatic carbocycles. The van der Waals surface area contributed by atoms with Crippen molar-refractivity contribution in [2.45, 2.75) is 6.61 Å². The van der Waals surface area contributed by atoms with Gasteiger partial charge in [-0.2, -0.15) is 18.4 Å². The number of nitrogens with zero attached hydrogens (tertiary/aromatic N) is 2. The lowest BCUT2D eigenvalue weighted by Crippen LogP contribution is -2.02. The quantitative estimate of drug-likeness (QED) is 0.719. The van der Waals surface area contributed by atoms with Gasteiger partial charge in [-0.15, -0.1) is 0 Å². The van der Waals surface area contributed by atoms with Gasteiger partial charge in [0.25, 0.3) is 0 Å². The summed E-state index contributed by atoms with van der Waals surface area (Å²) in [5, 5.41) is 11.5. The molecule has 0 unspecified atom stereocenters. The molecule has 2 aliphatic rings. The van der Waals surface area contributed by atoms with Gasteiger partial charge in [-0.1, -0.05) is 12.1 Å². The van der Waals surface area contributed by atoms with Crippen molar-refractivity contribution in [2.24, 2.45) is 0 Å². The van der Waals surface area contributed by atoms with Crippen LogP contribution >= 0.6 is 11.5 Å². The van der Waals surface area contributed by atoms with E-state index in [1.165, 1.54) is 11.4 Å². The monoisotopic (exact) mass is 270 g/mol. The minimum atomic E-state index is -2.93. The number of aromatic nitrogens is 1. The van der Waals surface area contributed by atoms with E-state index in [4.69, 9.17) is 5.26 Å². The summed E-state index contributed by atoms with van der Waals surface area (Å²) in [4.78, 5) is 0. The van der Waals surface area contributed by atoms with E-state index in [0.717, 1.165) is 22.0 Å². The van der Waals surface area contributed by atoms with E-state index >= 15 is 0 Å². The van der Waals surface area contributed by atoms with Gasteiger partial charge in [-0.05, 0) is 22.8 Å². The molecule has 0 spiro atoms. The molecule has 1 aromatic heterocycles. The lowest BCUT2D eigenvalue weighted by Gasteiger charge is -2.00. The molecule has 7 heteroatoms.